The highest BCUT2D eigenvalue weighted by Gasteiger charge is 2.32. The Hall–Kier alpha value is -1.84. The van der Waals surface area contributed by atoms with Crippen LogP contribution in [0.15, 0.2) is 78.9 Å². The first-order valence-electron chi connectivity index (χ1n) is 11.9. The van der Waals surface area contributed by atoms with Crippen LogP contribution in [0.5, 0.6) is 0 Å². The van der Waals surface area contributed by atoms with Gasteiger partial charge in [0.05, 0.1) is 6.10 Å². The topological polar surface area (TPSA) is 12.5 Å². The molecule has 2 nitrogen and oxygen atoms in total. The Morgan fingerprint density at radius 3 is 1.97 bits per heavy atom. The molecule has 4 heteroatoms. The summed E-state index contributed by atoms with van der Waals surface area (Å²) < 4.78 is 6.82. The van der Waals surface area contributed by atoms with Crippen LogP contribution < -0.4 is 0 Å². The average Bonchev–Trinajstić information content (AvgIpc) is 2.83. The van der Waals surface area contributed by atoms with Gasteiger partial charge in [0.25, 0.3) is 0 Å². The molecular formula is C29H33Cl2NO. The first kappa shape index (κ1) is 24.3. The quantitative estimate of drug-likeness (QED) is 0.324. The van der Waals surface area contributed by atoms with Crippen molar-refractivity contribution in [3.8, 4) is 0 Å². The van der Waals surface area contributed by atoms with Gasteiger partial charge in [0.1, 0.15) is 6.10 Å². The van der Waals surface area contributed by atoms with E-state index in [1.165, 1.54) is 5.56 Å². The van der Waals surface area contributed by atoms with Crippen LogP contribution in [0, 0.1) is 5.92 Å². The first-order valence-corrected chi connectivity index (χ1v) is 12.7. The minimum Gasteiger partial charge on any atom is -0.365 e. The zero-order valence-corrected chi connectivity index (χ0v) is 21.0. The number of halogens is 2. The van der Waals surface area contributed by atoms with Gasteiger partial charge in [0.15, 0.2) is 0 Å². The summed E-state index contributed by atoms with van der Waals surface area (Å²) in [5, 5.41) is 1.47. The van der Waals surface area contributed by atoms with E-state index in [1.807, 2.05) is 24.3 Å². The maximum absolute atomic E-state index is 6.82. The van der Waals surface area contributed by atoms with Gasteiger partial charge in [0.2, 0.25) is 0 Å². The highest BCUT2D eigenvalue weighted by molar-refractivity contribution is 6.30. The van der Waals surface area contributed by atoms with Crippen molar-refractivity contribution >= 4 is 23.2 Å². The zero-order valence-electron chi connectivity index (χ0n) is 19.5. The number of piperidine rings is 1. The van der Waals surface area contributed by atoms with Gasteiger partial charge in [-0.2, -0.15) is 0 Å². The van der Waals surface area contributed by atoms with Crippen molar-refractivity contribution in [2.24, 2.45) is 5.92 Å². The third-order valence-electron chi connectivity index (χ3n) is 6.69. The van der Waals surface area contributed by atoms with E-state index < -0.39 is 0 Å². The Morgan fingerprint density at radius 1 is 0.848 bits per heavy atom. The van der Waals surface area contributed by atoms with Gasteiger partial charge >= 0.3 is 0 Å². The number of likely N-dealkylation sites (tertiary alicyclic amines) is 1. The Balaban J connectivity index is 1.47. The Kier molecular flexibility index (Phi) is 8.49. The van der Waals surface area contributed by atoms with E-state index in [9.17, 15) is 0 Å². The van der Waals surface area contributed by atoms with Gasteiger partial charge < -0.3 is 4.74 Å². The predicted molar refractivity (Wildman–Crippen MR) is 139 cm³/mol. The summed E-state index contributed by atoms with van der Waals surface area (Å²) in [5.41, 5.74) is 3.65. The molecule has 0 N–H and O–H groups in total. The molecule has 0 radical (unpaired) electrons. The predicted octanol–water partition coefficient (Wildman–Crippen LogP) is 7.83. The summed E-state index contributed by atoms with van der Waals surface area (Å²) in [5.74, 6) is 0.580. The van der Waals surface area contributed by atoms with Gasteiger partial charge in [0, 0.05) is 29.2 Å². The molecule has 3 aromatic carbocycles. The van der Waals surface area contributed by atoms with Crippen molar-refractivity contribution in [2.45, 2.75) is 51.4 Å². The maximum Gasteiger partial charge on any atom is 0.108 e. The molecule has 174 valence electrons. The summed E-state index contributed by atoms with van der Waals surface area (Å²) in [6.45, 7) is 6.82. The molecule has 0 spiro atoms. The Labute approximate surface area is 208 Å². The summed E-state index contributed by atoms with van der Waals surface area (Å²) in [7, 11) is 0. The number of hydrogen-bond acceptors (Lipinski definition) is 2. The lowest BCUT2D eigenvalue weighted by molar-refractivity contribution is -0.0521. The molecule has 3 aromatic rings. The van der Waals surface area contributed by atoms with Crippen LogP contribution in [0.1, 0.15) is 49.5 Å². The molecule has 33 heavy (non-hydrogen) atoms. The summed E-state index contributed by atoms with van der Waals surface area (Å²) in [4.78, 5) is 2.66. The van der Waals surface area contributed by atoms with Crippen molar-refractivity contribution < 1.29 is 4.74 Å². The summed E-state index contributed by atoms with van der Waals surface area (Å²) in [6.07, 6.45) is 3.25. The van der Waals surface area contributed by atoms with E-state index in [2.05, 4.69) is 73.3 Å². The molecule has 0 saturated carbocycles. The van der Waals surface area contributed by atoms with E-state index in [0.29, 0.717) is 12.0 Å². The largest absolute Gasteiger partial charge is 0.365 e. The van der Waals surface area contributed by atoms with Crippen LogP contribution in [0.2, 0.25) is 10.0 Å². The fraction of sp³-hybridized carbons (Fsp3) is 0.379. The van der Waals surface area contributed by atoms with Crippen molar-refractivity contribution in [3.05, 3.63) is 106 Å². The highest BCUT2D eigenvalue weighted by atomic mass is 35.5. The number of rotatable bonds is 8. The van der Waals surface area contributed by atoms with Gasteiger partial charge in [-0.3, -0.25) is 4.90 Å². The van der Waals surface area contributed by atoms with Crippen LogP contribution in [0.3, 0.4) is 0 Å². The zero-order chi connectivity index (χ0) is 23.2. The van der Waals surface area contributed by atoms with E-state index in [-0.39, 0.29) is 12.2 Å². The van der Waals surface area contributed by atoms with Crippen molar-refractivity contribution in [3.63, 3.8) is 0 Å². The van der Waals surface area contributed by atoms with E-state index in [1.54, 1.807) is 0 Å². The van der Waals surface area contributed by atoms with Gasteiger partial charge in [-0.05, 0) is 66.1 Å². The van der Waals surface area contributed by atoms with Gasteiger partial charge in [-0.25, -0.2) is 0 Å². The fourth-order valence-corrected chi connectivity index (χ4v) is 5.09. The molecular weight excluding hydrogens is 449 g/mol. The molecule has 0 amide bonds. The standard InChI is InChI=1S/C29H33Cl2NO/c1-21(2)28-20-27(17-19-32(28)18-16-22-6-4-3-5-7-22)33-29(23-8-12-25(30)13-9-23)24-10-14-26(31)15-11-24/h3-15,21,27-29H,16-20H2,1-2H3/t27-,28+/m1/s1. The number of benzene rings is 3. The minimum absolute atomic E-state index is 0.131. The smallest absolute Gasteiger partial charge is 0.108 e. The molecule has 0 aliphatic carbocycles. The third-order valence-corrected chi connectivity index (χ3v) is 7.19. The van der Waals surface area contributed by atoms with Gasteiger partial charge in [-0.1, -0.05) is 91.6 Å². The van der Waals surface area contributed by atoms with Crippen molar-refractivity contribution in [2.75, 3.05) is 13.1 Å². The lowest BCUT2D eigenvalue weighted by Crippen LogP contribution is -2.48. The molecule has 0 unspecified atom stereocenters. The van der Waals surface area contributed by atoms with Crippen LogP contribution in [0.25, 0.3) is 0 Å². The van der Waals surface area contributed by atoms with Crippen LogP contribution >= 0.6 is 23.2 Å². The SMILES string of the molecule is CC(C)[C@@H]1C[C@H](OC(c2ccc(Cl)cc2)c2ccc(Cl)cc2)CCN1CCc1ccccc1. The fourth-order valence-electron chi connectivity index (χ4n) is 4.84. The molecule has 1 fully saturated rings. The second kappa shape index (κ2) is 11.5. The summed E-state index contributed by atoms with van der Waals surface area (Å²) >= 11 is 12.3. The molecule has 4 rings (SSSR count). The van der Waals surface area contributed by atoms with Crippen LogP contribution in [-0.2, 0) is 11.2 Å². The molecule has 2 atom stereocenters. The average molecular weight is 482 g/mol. The lowest BCUT2D eigenvalue weighted by atomic mass is 9.90. The molecule has 1 heterocycles. The third kappa shape index (κ3) is 6.61. The van der Waals surface area contributed by atoms with Crippen LogP contribution in [0.4, 0.5) is 0 Å². The monoisotopic (exact) mass is 481 g/mol. The Morgan fingerprint density at radius 2 is 1.42 bits per heavy atom. The molecule has 1 aliphatic rings. The highest BCUT2D eigenvalue weighted by Crippen LogP contribution is 2.34. The second-order valence-electron chi connectivity index (χ2n) is 9.35. The van der Waals surface area contributed by atoms with E-state index in [0.717, 1.165) is 53.5 Å². The number of hydrogen-bond donors (Lipinski definition) is 0. The van der Waals surface area contributed by atoms with Crippen molar-refractivity contribution in [1.82, 2.24) is 4.90 Å². The van der Waals surface area contributed by atoms with Crippen LogP contribution in [-0.4, -0.2) is 30.1 Å². The van der Waals surface area contributed by atoms with E-state index in [4.69, 9.17) is 27.9 Å². The number of nitrogens with zero attached hydrogens (tertiary/aromatic N) is 1. The van der Waals surface area contributed by atoms with Gasteiger partial charge in [-0.15, -0.1) is 0 Å². The molecule has 0 aromatic heterocycles. The Bertz CT molecular complexity index is 943. The number of ether oxygens (including phenoxy) is 1. The van der Waals surface area contributed by atoms with E-state index >= 15 is 0 Å². The molecule has 1 saturated heterocycles. The second-order valence-corrected chi connectivity index (χ2v) is 10.2. The lowest BCUT2D eigenvalue weighted by Gasteiger charge is -2.42. The maximum atomic E-state index is 6.82. The first-order chi connectivity index (χ1) is 16.0. The normalized spacial score (nSPS) is 19.3. The summed E-state index contributed by atoms with van der Waals surface area (Å²) in [6, 6.07) is 27.3. The molecule has 0 bridgehead atoms. The minimum atomic E-state index is -0.131. The van der Waals surface area contributed by atoms with Crippen molar-refractivity contribution in [1.29, 1.82) is 0 Å². The molecule has 1 aliphatic heterocycles.